The third kappa shape index (κ3) is 4.41. The Labute approximate surface area is 124 Å². The lowest BCUT2D eigenvalue weighted by Crippen LogP contribution is -2.53. The van der Waals surface area contributed by atoms with Crippen LogP contribution in [0.4, 0.5) is 4.79 Å². The van der Waals surface area contributed by atoms with Gasteiger partial charge in [-0.2, -0.15) is 5.26 Å². The van der Waals surface area contributed by atoms with Gasteiger partial charge in [0.25, 0.3) is 0 Å². The van der Waals surface area contributed by atoms with Crippen molar-refractivity contribution < 1.29 is 9.53 Å². The molecule has 0 aromatic heterocycles. The third-order valence-corrected chi connectivity index (χ3v) is 3.12. The number of carbonyl (C=O) groups excluding carboxylic acids is 1. The summed E-state index contributed by atoms with van der Waals surface area (Å²) in [6.07, 6.45) is -0.0152. The van der Waals surface area contributed by atoms with Crippen molar-refractivity contribution in [1.82, 2.24) is 10.2 Å². The maximum atomic E-state index is 12.0. The first-order valence-corrected chi connectivity index (χ1v) is 6.36. The van der Waals surface area contributed by atoms with Crippen LogP contribution in [0.3, 0.4) is 0 Å². The van der Waals surface area contributed by atoms with Crippen LogP contribution in [0, 0.1) is 11.3 Å². The second-order valence-corrected chi connectivity index (χ2v) is 4.45. The fraction of sp³-hybridized carbons (Fsp3) is 0.429. The number of hydrogen-bond acceptors (Lipinski definition) is 4. The highest BCUT2D eigenvalue weighted by Gasteiger charge is 2.27. The molecule has 1 aliphatic heterocycles. The van der Waals surface area contributed by atoms with E-state index in [4.69, 9.17) is 10.00 Å². The van der Waals surface area contributed by atoms with Gasteiger partial charge in [-0.15, -0.1) is 12.4 Å². The lowest BCUT2D eigenvalue weighted by atomic mass is 10.1. The first-order valence-electron chi connectivity index (χ1n) is 6.36. The van der Waals surface area contributed by atoms with E-state index >= 15 is 0 Å². The molecule has 1 aliphatic rings. The van der Waals surface area contributed by atoms with Crippen LogP contribution in [0.1, 0.15) is 12.0 Å². The molecule has 5 nitrogen and oxygen atoms in total. The van der Waals surface area contributed by atoms with Crippen molar-refractivity contribution in [3.05, 3.63) is 35.9 Å². The number of amides is 1. The number of rotatable bonds is 3. The van der Waals surface area contributed by atoms with Gasteiger partial charge in [-0.3, -0.25) is 0 Å². The molecule has 1 aromatic rings. The smallest absolute Gasteiger partial charge is 0.410 e. The molecule has 1 fully saturated rings. The first-order chi connectivity index (χ1) is 9.31. The number of piperazine rings is 1. The third-order valence-electron chi connectivity index (χ3n) is 3.12. The molecule has 0 bridgehead atoms. The fourth-order valence-electron chi connectivity index (χ4n) is 2.09. The minimum atomic E-state index is -0.342. The number of halogens is 1. The summed E-state index contributed by atoms with van der Waals surface area (Å²) in [5.41, 5.74) is 0.961. The van der Waals surface area contributed by atoms with E-state index in [0.29, 0.717) is 19.5 Å². The first kappa shape index (κ1) is 16.3. The monoisotopic (exact) mass is 295 g/mol. The average molecular weight is 296 g/mol. The molecule has 2 rings (SSSR count). The van der Waals surface area contributed by atoms with Crippen LogP contribution in [0.5, 0.6) is 0 Å². The Morgan fingerprint density at radius 2 is 2.20 bits per heavy atom. The Morgan fingerprint density at radius 1 is 1.45 bits per heavy atom. The summed E-state index contributed by atoms with van der Waals surface area (Å²) < 4.78 is 5.29. The van der Waals surface area contributed by atoms with Gasteiger partial charge in [0.1, 0.15) is 6.61 Å². The molecule has 0 spiro atoms. The van der Waals surface area contributed by atoms with Gasteiger partial charge >= 0.3 is 6.09 Å². The highest BCUT2D eigenvalue weighted by Crippen LogP contribution is 2.10. The number of nitriles is 1. The van der Waals surface area contributed by atoms with Crippen LogP contribution in [-0.4, -0.2) is 36.7 Å². The molecule has 108 valence electrons. The fourth-order valence-corrected chi connectivity index (χ4v) is 2.09. The Kier molecular flexibility index (Phi) is 6.85. The molecule has 1 atom stereocenters. The van der Waals surface area contributed by atoms with Gasteiger partial charge in [-0.05, 0) is 5.56 Å². The van der Waals surface area contributed by atoms with Crippen molar-refractivity contribution in [2.75, 3.05) is 19.6 Å². The van der Waals surface area contributed by atoms with Gasteiger partial charge in [-0.1, -0.05) is 30.3 Å². The molecule has 1 amide bonds. The molecule has 0 radical (unpaired) electrons. The minimum Gasteiger partial charge on any atom is -0.445 e. The lowest BCUT2D eigenvalue weighted by molar-refractivity contribution is 0.0731. The standard InChI is InChI=1S/C14H17N3O2.ClH/c15-7-6-13-10-16-8-9-17(13)14(18)19-11-12-4-2-1-3-5-12;/h1-5,13,16H,6,8-11H2;1H/t13-;/m0./s1. The second-order valence-electron chi connectivity index (χ2n) is 4.45. The van der Waals surface area contributed by atoms with Crippen molar-refractivity contribution in [2.24, 2.45) is 0 Å². The van der Waals surface area contributed by atoms with E-state index in [2.05, 4.69) is 11.4 Å². The number of benzene rings is 1. The van der Waals surface area contributed by atoms with Crippen molar-refractivity contribution in [2.45, 2.75) is 19.1 Å². The summed E-state index contributed by atoms with van der Waals surface area (Å²) in [7, 11) is 0. The molecule has 1 aromatic carbocycles. The SMILES string of the molecule is Cl.N#CC[C@H]1CNCCN1C(=O)OCc1ccccc1. The maximum absolute atomic E-state index is 12.0. The van der Waals surface area contributed by atoms with Crippen molar-refractivity contribution in [3.63, 3.8) is 0 Å². The summed E-state index contributed by atoms with van der Waals surface area (Å²) in [5, 5.41) is 11.9. The zero-order valence-corrected chi connectivity index (χ0v) is 11.9. The van der Waals surface area contributed by atoms with E-state index < -0.39 is 0 Å². The minimum absolute atomic E-state index is 0. The normalized spacial score (nSPS) is 17.8. The highest BCUT2D eigenvalue weighted by molar-refractivity contribution is 5.85. The van der Waals surface area contributed by atoms with Crippen molar-refractivity contribution >= 4 is 18.5 Å². The summed E-state index contributed by atoms with van der Waals surface area (Å²) in [4.78, 5) is 13.7. The van der Waals surface area contributed by atoms with E-state index in [0.717, 1.165) is 12.1 Å². The zero-order chi connectivity index (χ0) is 13.5. The summed E-state index contributed by atoms with van der Waals surface area (Å²) in [6, 6.07) is 11.6. The lowest BCUT2D eigenvalue weighted by Gasteiger charge is -2.34. The largest absolute Gasteiger partial charge is 0.445 e. The van der Waals surface area contributed by atoms with Crippen LogP contribution < -0.4 is 5.32 Å². The van der Waals surface area contributed by atoms with Gasteiger partial charge in [0.05, 0.1) is 18.5 Å². The topological polar surface area (TPSA) is 65.4 Å². The molecular formula is C14H18ClN3O2. The molecule has 20 heavy (non-hydrogen) atoms. The van der Waals surface area contributed by atoms with E-state index in [9.17, 15) is 4.79 Å². The highest BCUT2D eigenvalue weighted by atomic mass is 35.5. The molecule has 1 heterocycles. The Balaban J connectivity index is 0.00000200. The second kappa shape index (κ2) is 8.41. The van der Waals surface area contributed by atoms with E-state index in [1.54, 1.807) is 4.90 Å². The van der Waals surface area contributed by atoms with Gasteiger partial charge in [0.2, 0.25) is 0 Å². The number of ether oxygens (including phenoxy) is 1. The number of carbonyl (C=O) groups is 1. The summed E-state index contributed by atoms with van der Waals surface area (Å²) >= 11 is 0. The Morgan fingerprint density at radius 3 is 2.90 bits per heavy atom. The number of nitrogens with zero attached hydrogens (tertiary/aromatic N) is 2. The quantitative estimate of drug-likeness (QED) is 0.925. The molecule has 0 saturated carbocycles. The number of nitrogens with one attached hydrogen (secondary N) is 1. The van der Waals surface area contributed by atoms with Crippen LogP contribution in [0.15, 0.2) is 30.3 Å². The molecule has 0 aliphatic carbocycles. The van der Waals surface area contributed by atoms with Crippen LogP contribution in [0.25, 0.3) is 0 Å². The van der Waals surface area contributed by atoms with E-state index in [1.165, 1.54) is 0 Å². The van der Waals surface area contributed by atoms with E-state index in [-0.39, 0.29) is 31.1 Å². The summed E-state index contributed by atoms with van der Waals surface area (Å²) in [5.74, 6) is 0. The molecule has 6 heteroatoms. The van der Waals surface area contributed by atoms with Gasteiger partial charge < -0.3 is 15.0 Å². The maximum Gasteiger partial charge on any atom is 0.410 e. The van der Waals surface area contributed by atoms with Gasteiger partial charge in [-0.25, -0.2) is 4.79 Å². The Bertz CT molecular complexity index is 461. The average Bonchev–Trinajstić information content (AvgIpc) is 2.47. The van der Waals surface area contributed by atoms with Crippen LogP contribution in [0.2, 0.25) is 0 Å². The number of hydrogen-bond donors (Lipinski definition) is 1. The summed E-state index contributed by atoms with van der Waals surface area (Å²) in [6.45, 7) is 2.24. The molecule has 1 saturated heterocycles. The van der Waals surface area contributed by atoms with Crippen LogP contribution in [-0.2, 0) is 11.3 Å². The Hall–Kier alpha value is -1.77. The molecule has 1 N–H and O–H groups in total. The van der Waals surface area contributed by atoms with Crippen molar-refractivity contribution in [3.8, 4) is 6.07 Å². The van der Waals surface area contributed by atoms with Gasteiger partial charge in [0.15, 0.2) is 0 Å². The van der Waals surface area contributed by atoms with Crippen molar-refractivity contribution in [1.29, 1.82) is 5.26 Å². The zero-order valence-electron chi connectivity index (χ0n) is 11.1. The van der Waals surface area contributed by atoms with E-state index in [1.807, 2.05) is 30.3 Å². The van der Waals surface area contributed by atoms with Gasteiger partial charge in [0, 0.05) is 19.6 Å². The van der Waals surface area contributed by atoms with Crippen LogP contribution >= 0.6 is 12.4 Å². The predicted molar refractivity (Wildman–Crippen MR) is 77.5 cm³/mol. The molecule has 0 unspecified atom stereocenters. The predicted octanol–water partition coefficient (Wildman–Crippen LogP) is 1.93. The molecular weight excluding hydrogens is 278 g/mol.